The monoisotopic (exact) mass is 250 g/mol. The van der Waals surface area contributed by atoms with E-state index >= 15 is 0 Å². The van der Waals surface area contributed by atoms with Crippen LogP contribution >= 0.6 is 0 Å². The maximum absolute atomic E-state index is 12.0. The van der Waals surface area contributed by atoms with Crippen molar-refractivity contribution in [3.63, 3.8) is 0 Å². The first-order valence-electron chi connectivity index (χ1n) is 6.13. The molecule has 1 heterocycles. The van der Waals surface area contributed by atoms with Crippen LogP contribution in [0.25, 0.3) is 0 Å². The van der Waals surface area contributed by atoms with Gasteiger partial charge in [0.25, 0.3) is 5.91 Å². The van der Waals surface area contributed by atoms with Gasteiger partial charge in [-0.15, -0.1) is 0 Å². The van der Waals surface area contributed by atoms with Crippen molar-refractivity contribution in [3.8, 4) is 11.5 Å². The third-order valence-corrected chi connectivity index (χ3v) is 3.26. The first-order chi connectivity index (χ1) is 8.58. The molecule has 5 nitrogen and oxygen atoms in total. The Kier molecular flexibility index (Phi) is 3.72. The number of amides is 1. The van der Waals surface area contributed by atoms with E-state index in [1.54, 1.807) is 0 Å². The van der Waals surface area contributed by atoms with Gasteiger partial charge in [0, 0.05) is 18.6 Å². The topological polar surface area (TPSA) is 81.6 Å². The lowest BCUT2D eigenvalue weighted by atomic mass is 10.0. The Bertz CT molecular complexity index is 440. The van der Waals surface area contributed by atoms with Crippen LogP contribution in [0.3, 0.4) is 0 Å². The molecule has 0 aromatic heterocycles. The number of benzene rings is 1. The minimum absolute atomic E-state index is 0.0652. The van der Waals surface area contributed by atoms with Gasteiger partial charge in [0.2, 0.25) is 0 Å². The van der Waals surface area contributed by atoms with E-state index < -0.39 is 0 Å². The Morgan fingerprint density at radius 1 is 1.39 bits per heavy atom. The molecule has 2 atom stereocenters. The second-order valence-corrected chi connectivity index (χ2v) is 4.73. The number of hydrogen-bond donors (Lipinski definition) is 4. The van der Waals surface area contributed by atoms with E-state index in [0.29, 0.717) is 6.04 Å². The van der Waals surface area contributed by atoms with Gasteiger partial charge in [0.1, 0.15) is 0 Å². The summed E-state index contributed by atoms with van der Waals surface area (Å²) in [6.45, 7) is 2.84. The highest BCUT2D eigenvalue weighted by Gasteiger charge is 2.21. The average molecular weight is 250 g/mol. The number of nitrogens with one attached hydrogen (secondary N) is 2. The molecular weight excluding hydrogens is 232 g/mol. The first-order valence-corrected chi connectivity index (χ1v) is 6.13. The average Bonchev–Trinajstić information content (AvgIpc) is 2.35. The maximum Gasteiger partial charge on any atom is 0.255 e. The number of phenols is 2. The molecule has 0 bridgehead atoms. The molecule has 0 saturated carbocycles. The van der Waals surface area contributed by atoms with E-state index in [2.05, 4.69) is 17.6 Å². The Morgan fingerprint density at radius 3 is 2.83 bits per heavy atom. The summed E-state index contributed by atoms with van der Waals surface area (Å²) in [5.74, 6) is -1.00. The number of aromatic hydroxyl groups is 2. The lowest BCUT2D eigenvalue weighted by molar-refractivity contribution is 0.0924. The van der Waals surface area contributed by atoms with Crippen molar-refractivity contribution in [2.45, 2.75) is 31.8 Å². The third-order valence-electron chi connectivity index (χ3n) is 3.26. The molecule has 0 radical (unpaired) electrons. The molecule has 1 aliphatic heterocycles. The van der Waals surface area contributed by atoms with Gasteiger partial charge in [-0.3, -0.25) is 4.79 Å². The molecule has 1 fully saturated rings. The van der Waals surface area contributed by atoms with Crippen LogP contribution in [0.15, 0.2) is 18.2 Å². The molecule has 1 aromatic carbocycles. The maximum atomic E-state index is 12.0. The summed E-state index contributed by atoms with van der Waals surface area (Å²) in [7, 11) is 0. The summed E-state index contributed by atoms with van der Waals surface area (Å²) >= 11 is 0. The minimum Gasteiger partial charge on any atom is -0.504 e. The first kappa shape index (κ1) is 12.7. The number of piperidine rings is 1. The number of para-hydroxylation sites is 1. The second-order valence-electron chi connectivity index (χ2n) is 4.73. The number of phenolic OH excluding ortho intramolecular Hbond substituents is 2. The summed E-state index contributed by atoms with van der Waals surface area (Å²) < 4.78 is 0. The second kappa shape index (κ2) is 5.27. The van der Waals surface area contributed by atoms with E-state index in [-0.39, 0.29) is 29.0 Å². The van der Waals surface area contributed by atoms with Crippen LogP contribution in [0, 0.1) is 0 Å². The number of carbonyl (C=O) groups excluding carboxylic acids is 1. The normalized spacial score (nSPS) is 23.6. The largest absolute Gasteiger partial charge is 0.504 e. The fraction of sp³-hybridized carbons (Fsp3) is 0.462. The SMILES string of the molecule is CC1CCC(NC(=O)c2cccc(O)c2O)CN1. The van der Waals surface area contributed by atoms with E-state index in [9.17, 15) is 15.0 Å². The molecule has 1 aromatic rings. The van der Waals surface area contributed by atoms with Crippen molar-refractivity contribution in [1.29, 1.82) is 0 Å². The van der Waals surface area contributed by atoms with Gasteiger partial charge in [-0.05, 0) is 31.9 Å². The van der Waals surface area contributed by atoms with E-state index in [1.165, 1.54) is 18.2 Å². The number of hydrogen-bond acceptors (Lipinski definition) is 4. The van der Waals surface area contributed by atoms with Crippen LogP contribution in [0.4, 0.5) is 0 Å². The molecule has 18 heavy (non-hydrogen) atoms. The Balaban J connectivity index is 2.01. The molecule has 1 aliphatic rings. The van der Waals surface area contributed by atoms with Gasteiger partial charge >= 0.3 is 0 Å². The zero-order chi connectivity index (χ0) is 13.1. The van der Waals surface area contributed by atoms with Gasteiger partial charge in [0.05, 0.1) is 5.56 Å². The van der Waals surface area contributed by atoms with Crippen molar-refractivity contribution in [2.24, 2.45) is 0 Å². The highest BCUT2D eigenvalue weighted by Crippen LogP contribution is 2.28. The summed E-state index contributed by atoms with van der Waals surface area (Å²) in [4.78, 5) is 12.0. The van der Waals surface area contributed by atoms with Crippen LogP contribution in [-0.2, 0) is 0 Å². The molecule has 1 amide bonds. The molecule has 1 saturated heterocycles. The smallest absolute Gasteiger partial charge is 0.255 e. The lowest BCUT2D eigenvalue weighted by Crippen LogP contribution is -2.48. The van der Waals surface area contributed by atoms with Gasteiger partial charge in [0.15, 0.2) is 11.5 Å². The lowest BCUT2D eigenvalue weighted by Gasteiger charge is -2.28. The fourth-order valence-corrected chi connectivity index (χ4v) is 2.10. The highest BCUT2D eigenvalue weighted by atomic mass is 16.3. The van der Waals surface area contributed by atoms with Gasteiger partial charge in [-0.25, -0.2) is 0 Å². The van der Waals surface area contributed by atoms with E-state index in [1.807, 2.05) is 0 Å². The zero-order valence-corrected chi connectivity index (χ0v) is 10.3. The highest BCUT2D eigenvalue weighted by molar-refractivity contribution is 5.97. The molecule has 4 N–H and O–H groups in total. The Morgan fingerprint density at radius 2 is 2.17 bits per heavy atom. The molecule has 2 rings (SSSR count). The molecule has 98 valence electrons. The van der Waals surface area contributed by atoms with Crippen molar-refractivity contribution in [1.82, 2.24) is 10.6 Å². The van der Waals surface area contributed by atoms with Crippen LogP contribution in [0.2, 0.25) is 0 Å². The summed E-state index contributed by atoms with van der Waals surface area (Å²) in [6, 6.07) is 4.91. The van der Waals surface area contributed by atoms with Crippen LogP contribution in [0.5, 0.6) is 11.5 Å². The van der Waals surface area contributed by atoms with Crippen LogP contribution in [-0.4, -0.2) is 34.7 Å². The van der Waals surface area contributed by atoms with Crippen LogP contribution < -0.4 is 10.6 Å². The third kappa shape index (κ3) is 2.73. The van der Waals surface area contributed by atoms with Crippen molar-refractivity contribution < 1.29 is 15.0 Å². The molecular formula is C13H18N2O3. The fourth-order valence-electron chi connectivity index (χ4n) is 2.10. The summed E-state index contributed by atoms with van der Waals surface area (Å²) in [6.07, 6.45) is 1.93. The molecule has 0 spiro atoms. The predicted octanol–water partition coefficient (Wildman–Crippen LogP) is 0.968. The van der Waals surface area contributed by atoms with E-state index in [4.69, 9.17) is 0 Å². The van der Waals surface area contributed by atoms with E-state index in [0.717, 1.165) is 19.4 Å². The quantitative estimate of drug-likeness (QED) is 0.589. The summed E-state index contributed by atoms with van der Waals surface area (Å²) in [5, 5.41) is 25.1. The van der Waals surface area contributed by atoms with Crippen molar-refractivity contribution in [2.75, 3.05) is 6.54 Å². The van der Waals surface area contributed by atoms with Gasteiger partial charge in [-0.2, -0.15) is 0 Å². The zero-order valence-electron chi connectivity index (χ0n) is 10.3. The molecule has 5 heteroatoms. The predicted molar refractivity (Wildman–Crippen MR) is 67.7 cm³/mol. The molecule has 0 aliphatic carbocycles. The molecule has 2 unspecified atom stereocenters. The van der Waals surface area contributed by atoms with Gasteiger partial charge < -0.3 is 20.8 Å². The summed E-state index contributed by atoms with van der Waals surface area (Å²) in [5.41, 5.74) is 0.105. The minimum atomic E-state index is -0.368. The Labute approximate surface area is 106 Å². The van der Waals surface area contributed by atoms with Crippen molar-refractivity contribution in [3.05, 3.63) is 23.8 Å². The van der Waals surface area contributed by atoms with Gasteiger partial charge in [-0.1, -0.05) is 6.07 Å². The van der Waals surface area contributed by atoms with Crippen LogP contribution in [0.1, 0.15) is 30.1 Å². The Hall–Kier alpha value is -1.75. The van der Waals surface area contributed by atoms with Crippen molar-refractivity contribution >= 4 is 5.91 Å². The number of carbonyl (C=O) groups is 1. The standard InChI is InChI=1S/C13H18N2O3/c1-8-5-6-9(7-14-8)15-13(18)10-3-2-4-11(16)12(10)17/h2-4,8-9,14,16-17H,5-7H2,1H3,(H,15,18). The number of rotatable bonds is 2.